The summed E-state index contributed by atoms with van der Waals surface area (Å²) in [6, 6.07) is 15.3. The molecule has 0 heterocycles. The van der Waals surface area contributed by atoms with E-state index < -0.39 is 6.10 Å². The lowest BCUT2D eigenvalue weighted by Gasteiger charge is -2.05. The lowest BCUT2D eigenvalue weighted by atomic mass is 10.00. The van der Waals surface area contributed by atoms with Gasteiger partial charge in [-0.2, -0.15) is 0 Å². The predicted octanol–water partition coefficient (Wildman–Crippen LogP) is 2.48. The van der Waals surface area contributed by atoms with Crippen molar-refractivity contribution in [2.45, 2.75) is 13.0 Å². The molecule has 1 N–H and O–H groups in total. The highest BCUT2D eigenvalue weighted by Gasteiger charge is 2.13. The van der Waals surface area contributed by atoms with Gasteiger partial charge in [-0.1, -0.05) is 54.6 Å². The zero-order valence-electron chi connectivity index (χ0n) is 10.5. The molecule has 2 aromatic carbocycles. The van der Waals surface area contributed by atoms with Crippen LogP contribution in [-0.2, 0) is 0 Å². The van der Waals surface area contributed by atoms with Crippen LogP contribution in [0.3, 0.4) is 0 Å². The van der Waals surface area contributed by atoms with Crippen LogP contribution in [0.25, 0.3) is 0 Å². The molecule has 0 saturated heterocycles. The number of carbonyl (C=O) groups excluding carboxylic acids is 2. The molecule has 0 aliphatic heterocycles. The highest BCUT2D eigenvalue weighted by Crippen LogP contribution is 2.12. The number of ketones is 2. The Morgan fingerprint density at radius 3 is 1.84 bits per heavy atom. The Morgan fingerprint density at radius 1 is 0.842 bits per heavy atom. The van der Waals surface area contributed by atoms with E-state index in [2.05, 4.69) is 0 Å². The zero-order chi connectivity index (χ0) is 13.8. The van der Waals surface area contributed by atoms with Gasteiger partial charge in [-0.3, -0.25) is 9.59 Å². The molecule has 0 amide bonds. The van der Waals surface area contributed by atoms with Crippen LogP contribution in [0.4, 0.5) is 0 Å². The predicted molar refractivity (Wildman–Crippen MR) is 72.3 cm³/mol. The number of hydrogen-bond acceptors (Lipinski definition) is 3. The summed E-state index contributed by atoms with van der Waals surface area (Å²) in [4.78, 5) is 23.7. The van der Waals surface area contributed by atoms with Crippen molar-refractivity contribution in [1.82, 2.24) is 0 Å². The normalized spacial score (nSPS) is 11.9. The molecule has 1 atom stereocenters. The van der Waals surface area contributed by atoms with Gasteiger partial charge in [-0.25, -0.2) is 0 Å². The minimum atomic E-state index is -1.03. The fourth-order valence-corrected chi connectivity index (χ4v) is 1.78. The van der Waals surface area contributed by atoms with Crippen LogP contribution < -0.4 is 0 Å². The van der Waals surface area contributed by atoms with E-state index >= 15 is 0 Å². The minimum Gasteiger partial charge on any atom is -0.385 e. The second-order valence-corrected chi connectivity index (χ2v) is 4.31. The molecule has 96 valence electrons. The standard InChI is InChI=1S/C16H14O3/c1-11(17)15(18)13-7-9-14(10-8-13)16(19)12-5-3-2-4-6-12/h2-11,17H,1H3. The molecule has 1 unspecified atom stereocenters. The van der Waals surface area contributed by atoms with E-state index in [-0.39, 0.29) is 11.6 Å². The second kappa shape index (κ2) is 5.59. The molecule has 0 aromatic heterocycles. The Kier molecular flexibility index (Phi) is 3.88. The van der Waals surface area contributed by atoms with E-state index in [4.69, 9.17) is 0 Å². The molecule has 0 bridgehead atoms. The molecule has 3 heteroatoms. The maximum absolute atomic E-state index is 12.1. The quantitative estimate of drug-likeness (QED) is 0.853. The van der Waals surface area contributed by atoms with Crippen molar-refractivity contribution in [2.24, 2.45) is 0 Å². The SMILES string of the molecule is CC(O)C(=O)c1ccc(C(=O)c2ccccc2)cc1. The van der Waals surface area contributed by atoms with E-state index in [1.807, 2.05) is 6.07 Å². The number of aliphatic hydroxyl groups is 1. The first-order valence-electron chi connectivity index (χ1n) is 6.01. The van der Waals surface area contributed by atoms with E-state index in [1.54, 1.807) is 48.5 Å². The van der Waals surface area contributed by atoms with Crippen LogP contribution in [0.2, 0.25) is 0 Å². The summed E-state index contributed by atoms with van der Waals surface area (Å²) in [5, 5.41) is 9.21. The van der Waals surface area contributed by atoms with Gasteiger partial charge >= 0.3 is 0 Å². The molecule has 3 nitrogen and oxygen atoms in total. The Morgan fingerprint density at radius 2 is 1.32 bits per heavy atom. The van der Waals surface area contributed by atoms with E-state index in [0.29, 0.717) is 16.7 Å². The van der Waals surface area contributed by atoms with Crippen molar-refractivity contribution in [3.63, 3.8) is 0 Å². The van der Waals surface area contributed by atoms with Crippen molar-refractivity contribution >= 4 is 11.6 Å². The van der Waals surface area contributed by atoms with Crippen LogP contribution in [-0.4, -0.2) is 22.8 Å². The monoisotopic (exact) mass is 254 g/mol. The molecule has 0 aliphatic carbocycles. The summed E-state index contributed by atoms with van der Waals surface area (Å²) < 4.78 is 0. The van der Waals surface area contributed by atoms with Gasteiger partial charge in [0.2, 0.25) is 0 Å². The third-order valence-electron chi connectivity index (χ3n) is 2.85. The number of Topliss-reactive ketones (excluding diaryl/α,β-unsaturated/α-hetero) is 1. The summed E-state index contributed by atoms with van der Waals surface area (Å²) in [6.45, 7) is 1.42. The van der Waals surface area contributed by atoms with Crippen LogP contribution in [0.15, 0.2) is 54.6 Å². The lowest BCUT2D eigenvalue weighted by Crippen LogP contribution is -2.16. The molecule has 0 aliphatic rings. The number of aliphatic hydroxyl groups excluding tert-OH is 1. The van der Waals surface area contributed by atoms with Crippen LogP contribution in [0.1, 0.15) is 33.2 Å². The topological polar surface area (TPSA) is 54.4 Å². The van der Waals surface area contributed by atoms with Crippen LogP contribution in [0.5, 0.6) is 0 Å². The summed E-state index contributed by atoms with van der Waals surface area (Å²) in [7, 11) is 0. The van der Waals surface area contributed by atoms with Gasteiger partial charge in [-0.15, -0.1) is 0 Å². The molecule has 2 rings (SSSR count). The van der Waals surface area contributed by atoms with Gasteiger partial charge in [-0.05, 0) is 6.92 Å². The zero-order valence-corrected chi connectivity index (χ0v) is 10.5. The second-order valence-electron chi connectivity index (χ2n) is 4.31. The first kappa shape index (κ1) is 13.2. The average Bonchev–Trinajstić information content (AvgIpc) is 2.46. The Hall–Kier alpha value is -2.26. The number of rotatable bonds is 4. The smallest absolute Gasteiger partial charge is 0.193 e. The number of hydrogen-bond donors (Lipinski definition) is 1. The van der Waals surface area contributed by atoms with Gasteiger partial charge in [0.05, 0.1) is 0 Å². The Bertz CT molecular complexity index is 583. The third kappa shape index (κ3) is 2.95. The van der Waals surface area contributed by atoms with E-state index in [9.17, 15) is 14.7 Å². The molecule has 0 saturated carbocycles. The van der Waals surface area contributed by atoms with Gasteiger partial charge < -0.3 is 5.11 Å². The van der Waals surface area contributed by atoms with E-state index in [0.717, 1.165) is 0 Å². The average molecular weight is 254 g/mol. The first-order valence-corrected chi connectivity index (χ1v) is 6.01. The van der Waals surface area contributed by atoms with Crippen molar-refractivity contribution in [1.29, 1.82) is 0 Å². The maximum Gasteiger partial charge on any atom is 0.193 e. The molecule has 0 spiro atoms. The largest absolute Gasteiger partial charge is 0.385 e. The van der Waals surface area contributed by atoms with E-state index in [1.165, 1.54) is 6.92 Å². The minimum absolute atomic E-state index is 0.0864. The van der Waals surface area contributed by atoms with Crippen LogP contribution >= 0.6 is 0 Å². The summed E-state index contributed by atoms with van der Waals surface area (Å²) >= 11 is 0. The van der Waals surface area contributed by atoms with Crippen molar-refractivity contribution in [3.8, 4) is 0 Å². The van der Waals surface area contributed by atoms with Gasteiger partial charge in [0.25, 0.3) is 0 Å². The molecular formula is C16H14O3. The van der Waals surface area contributed by atoms with Gasteiger partial charge in [0.1, 0.15) is 6.10 Å². The van der Waals surface area contributed by atoms with Gasteiger partial charge in [0, 0.05) is 16.7 Å². The molecular weight excluding hydrogens is 240 g/mol. The molecule has 0 radical (unpaired) electrons. The highest BCUT2D eigenvalue weighted by molar-refractivity contribution is 6.09. The Labute approximate surface area is 111 Å². The first-order chi connectivity index (χ1) is 9.09. The van der Waals surface area contributed by atoms with Gasteiger partial charge in [0.15, 0.2) is 11.6 Å². The van der Waals surface area contributed by atoms with Crippen molar-refractivity contribution < 1.29 is 14.7 Å². The molecule has 19 heavy (non-hydrogen) atoms. The number of benzene rings is 2. The van der Waals surface area contributed by atoms with Crippen molar-refractivity contribution in [2.75, 3.05) is 0 Å². The maximum atomic E-state index is 12.1. The van der Waals surface area contributed by atoms with Crippen LogP contribution in [0, 0.1) is 0 Å². The summed E-state index contributed by atoms with van der Waals surface area (Å²) in [5.74, 6) is -0.435. The fraction of sp³-hybridized carbons (Fsp3) is 0.125. The molecule has 0 fully saturated rings. The fourth-order valence-electron chi connectivity index (χ4n) is 1.78. The summed E-state index contributed by atoms with van der Waals surface area (Å²) in [6.07, 6.45) is -1.03. The van der Waals surface area contributed by atoms with Crippen molar-refractivity contribution in [3.05, 3.63) is 71.3 Å². The highest BCUT2D eigenvalue weighted by atomic mass is 16.3. The molecule has 2 aromatic rings. The third-order valence-corrected chi connectivity index (χ3v) is 2.85. The Balaban J connectivity index is 2.24. The summed E-state index contributed by atoms with van der Waals surface area (Å²) in [5.41, 5.74) is 1.53. The number of carbonyl (C=O) groups is 2. The lowest BCUT2D eigenvalue weighted by molar-refractivity contribution is 0.0779.